The van der Waals surface area contributed by atoms with Crippen LogP contribution in [0.2, 0.25) is 0 Å². The van der Waals surface area contributed by atoms with Crippen LogP contribution in [0.1, 0.15) is 34.5 Å². The van der Waals surface area contributed by atoms with Crippen molar-refractivity contribution in [2.24, 2.45) is 0 Å². The number of fused-ring (bicyclic) bond motifs is 1. The van der Waals surface area contributed by atoms with Gasteiger partial charge in [0.2, 0.25) is 5.91 Å². The van der Waals surface area contributed by atoms with Gasteiger partial charge in [-0.05, 0) is 49.2 Å². The smallest absolute Gasteiger partial charge is 0.338 e. The van der Waals surface area contributed by atoms with Crippen LogP contribution in [0.15, 0.2) is 53.5 Å². The Kier molecular flexibility index (Phi) is 4.65. The van der Waals surface area contributed by atoms with Gasteiger partial charge in [0.1, 0.15) is 12.3 Å². The normalized spacial score (nSPS) is 13.9. The van der Waals surface area contributed by atoms with Gasteiger partial charge < -0.3 is 9.64 Å². The van der Waals surface area contributed by atoms with Gasteiger partial charge in [-0.25, -0.2) is 9.78 Å². The Hall–Kier alpha value is -3.48. The van der Waals surface area contributed by atoms with Crippen molar-refractivity contribution in [2.45, 2.75) is 26.4 Å². The Balaban J connectivity index is 1.45. The number of carbonyl (C=O) groups is 2. The van der Waals surface area contributed by atoms with Crippen molar-refractivity contribution >= 4 is 23.2 Å². The lowest BCUT2D eigenvalue weighted by molar-refractivity contribution is -0.117. The van der Waals surface area contributed by atoms with Crippen molar-refractivity contribution < 1.29 is 14.3 Å². The maximum absolute atomic E-state index is 12.3. The van der Waals surface area contributed by atoms with Crippen LogP contribution in [0.4, 0.5) is 5.69 Å². The molecule has 0 spiro atoms. The summed E-state index contributed by atoms with van der Waals surface area (Å²) >= 11 is 0. The van der Waals surface area contributed by atoms with Crippen molar-refractivity contribution in [3.63, 3.8) is 0 Å². The van der Waals surface area contributed by atoms with E-state index in [0.717, 1.165) is 17.7 Å². The first-order valence-electron chi connectivity index (χ1n) is 9.08. The van der Waals surface area contributed by atoms with Crippen molar-refractivity contribution in [1.82, 2.24) is 9.38 Å². The van der Waals surface area contributed by atoms with Crippen molar-refractivity contribution in [3.05, 3.63) is 75.8 Å². The molecule has 3 aromatic rings. The number of esters is 1. The Morgan fingerprint density at radius 3 is 2.64 bits per heavy atom. The fourth-order valence-corrected chi connectivity index (χ4v) is 3.25. The first kappa shape index (κ1) is 17.9. The van der Waals surface area contributed by atoms with E-state index in [2.05, 4.69) is 4.98 Å². The molecule has 1 fully saturated rings. The highest BCUT2D eigenvalue weighted by Gasteiger charge is 2.21. The lowest BCUT2D eigenvalue weighted by Crippen LogP contribution is -2.23. The molecular formula is C21H19N3O4. The van der Waals surface area contributed by atoms with Crippen LogP contribution in [0.5, 0.6) is 0 Å². The van der Waals surface area contributed by atoms with Gasteiger partial charge in [-0.3, -0.25) is 14.0 Å². The molecule has 142 valence electrons. The van der Waals surface area contributed by atoms with Gasteiger partial charge >= 0.3 is 5.97 Å². The second-order valence-electron chi connectivity index (χ2n) is 6.79. The topological polar surface area (TPSA) is 81.0 Å². The zero-order valence-corrected chi connectivity index (χ0v) is 15.4. The Morgan fingerprint density at radius 1 is 1.14 bits per heavy atom. The molecule has 0 N–H and O–H groups in total. The number of carbonyl (C=O) groups excluding carboxylic acids is 2. The molecule has 0 saturated carbocycles. The molecule has 1 amide bonds. The van der Waals surface area contributed by atoms with Crippen molar-refractivity contribution in [2.75, 3.05) is 11.4 Å². The highest BCUT2D eigenvalue weighted by atomic mass is 16.5. The summed E-state index contributed by atoms with van der Waals surface area (Å²) in [5.74, 6) is -0.413. The molecule has 7 heteroatoms. The standard InChI is InChI=1S/C21H19N3O4/c1-14-4-9-18-22-16(11-20(26)24(18)12-14)13-28-21(27)15-5-7-17(8-6-15)23-10-2-3-19(23)25/h4-9,11-12H,2-3,10,13H2,1H3. The number of benzene rings is 1. The second-order valence-corrected chi connectivity index (χ2v) is 6.79. The molecular weight excluding hydrogens is 358 g/mol. The molecule has 4 rings (SSSR count). The fourth-order valence-electron chi connectivity index (χ4n) is 3.25. The minimum Gasteiger partial charge on any atom is -0.456 e. The van der Waals surface area contributed by atoms with Gasteiger partial charge in [-0.15, -0.1) is 0 Å². The third-order valence-corrected chi connectivity index (χ3v) is 4.70. The van der Waals surface area contributed by atoms with E-state index in [1.54, 1.807) is 41.4 Å². The molecule has 0 unspecified atom stereocenters. The molecule has 28 heavy (non-hydrogen) atoms. The van der Waals surface area contributed by atoms with Gasteiger partial charge in [0.15, 0.2) is 0 Å². The summed E-state index contributed by atoms with van der Waals surface area (Å²) in [6.07, 6.45) is 3.12. The molecule has 0 bridgehead atoms. The summed E-state index contributed by atoms with van der Waals surface area (Å²) in [4.78, 5) is 42.4. The van der Waals surface area contributed by atoms with Gasteiger partial charge in [0.05, 0.1) is 11.3 Å². The number of nitrogens with zero attached hydrogens (tertiary/aromatic N) is 3. The monoisotopic (exact) mass is 377 g/mol. The van der Waals surface area contributed by atoms with E-state index in [9.17, 15) is 14.4 Å². The van der Waals surface area contributed by atoms with Crippen LogP contribution in [0, 0.1) is 6.92 Å². The zero-order valence-electron chi connectivity index (χ0n) is 15.4. The van der Waals surface area contributed by atoms with Gasteiger partial charge in [0.25, 0.3) is 5.56 Å². The van der Waals surface area contributed by atoms with Gasteiger partial charge in [-0.2, -0.15) is 0 Å². The number of ether oxygens (including phenoxy) is 1. The molecule has 1 saturated heterocycles. The van der Waals surface area contributed by atoms with E-state index in [1.165, 1.54) is 10.5 Å². The molecule has 1 aliphatic heterocycles. The molecule has 3 heterocycles. The van der Waals surface area contributed by atoms with Gasteiger partial charge in [-0.1, -0.05) is 6.07 Å². The summed E-state index contributed by atoms with van der Waals surface area (Å²) in [5.41, 5.74) is 2.78. The number of amides is 1. The molecule has 1 aromatic carbocycles. The van der Waals surface area contributed by atoms with Crippen molar-refractivity contribution in [3.8, 4) is 0 Å². The number of pyridine rings is 1. The van der Waals surface area contributed by atoms with Gasteiger partial charge in [0, 0.05) is 30.9 Å². The summed E-state index contributed by atoms with van der Waals surface area (Å²) in [7, 11) is 0. The number of anilines is 1. The van der Waals surface area contributed by atoms with Crippen LogP contribution < -0.4 is 10.5 Å². The number of aryl methyl sites for hydroxylation is 1. The molecule has 2 aromatic heterocycles. The SMILES string of the molecule is Cc1ccc2nc(COC(=O)c3ccc(N4CCCC4=O)cc3)cc(=O)n2c1. The van der Waals surface area contributed by atoms with Crippen LogP contribution >= 0.6 is 0 Å². The summed E-state index contributed by atoms with van der Waals surface area (Å²) in [5, 5.41) is 0. The zero-order chi connectivity index (χ0) is 19.7. The highest BCUT2D eigenvalue weighted by molar-refractivity contribution is 5.96. The van der Waals surface area contributed by atoms with Crippen LogP contribution in [-0.2, 0) is 16.1 Å². The van der Waals surface area contributed by atoms with E-state index in [1.807, 2.05) is 13.0 Å². The number of hydrogen-bond acceptors (Lipinski definition) is 5. The lowest BCUT2D eigenvalue weighted by atomic mass is 10.2. The predicted molar refractivity (Wildman–Crippen MR) is 103 cm³/mol. The number of aromatic nitrogens is 2. The minimum atomic E-state index is -0.509. The predicted octanol–water partition coefficient (Wildman–Crippen LogP) is 2.49. The summed E-state index contributed by atoms with van der Waals surface area (Å²) < 4.78 is 6.76. The second kappa shape index (κ2) is 7.26. The Bertz CT molecular complexity index is 1120. The molecule has 1 aliphatic rings. The minimum absolute atomic E-state index is 0.0924. The molecule has 7 nitrogen and oxygen atoms in total. The third kappa shape index (κ3) is 3.51. The van der Waals surface area contributed by atoms with Crippen LogP contribution in [0.3, 0.4) is 0 Å². The largest absolute Gasteiger partial charge is 0.456 e. The molecule has 0 atom stereocenters. The van der Waals surface area contributed by atoms with Crippen LogP contribution in [-0.4, -0.2) is 27.8 Å². The average Bonchev–Trinajstić information content (AvgIpc) is 3.13. The van der Waals surface area contributed by atoms with Crippen molar-refractivity contribution in [1.29, 1.82) is 0 Å². The van der Waals surface area contributed by atoms with E-state index in [-0.39, 0.29) is 18.1 Å². The van der Waals surface area contributed by atoms with E-state index >= 15 is 0 Å². The van der Waals surface area contributed by atoms with Crippen LogP contribution in [0.25, 0.3) is 5.65 Å². The van der Waals surface area contributed by atoms with E-state index in [0.29, 0.717) is 29.9 Å². The van der Waals surface area contributed by atoms with E-state index in [4.69, 9.17) is 4.74 Å². The number of hydrogen-bond donors (Lipinski definition) is 0. The maximum Gasteiger partial charge on any atom is 0.338 e. The summed E-state index contributed by atoms with van der Waals surface area (Å²) in [6, 6.07) is 11.7. The highest BCUT2D eigenvalue weighted by Crippen LogP contribution is 2.21. The Morgan fingerprint density at radius 2 is 1.93 bits per heavy atom. The average molecular weight is 377 g/mol. The molecule has 0 aliphatic carbocycles. The van der Waals surface area contributed by atoms with E-state index < -0.39 is 5.97 Å². The lowest BCUT2D eigenvalue weighted by Gasteiger charge is -2.15. The number of rotatable bonds is 4. The summed E-state index contributed by atoms with van der Waals surface area (Å²) in [6.45, 7) is 2.50. The fraction of sp³-hybridized carbons (Fsp3) is 0.238. The maximum atomic E-state index is 12.3. The third-order valence-electron chi connectivity index (χ3n) is 4.70. The Labute approximate surface area is 161 Å². The first-order chi connectivity index (χ1) is 13.5. The first-order valence-corrected chi connectivity index (χ1v) is 9.08. The quantitative estimate of drug-likeness (QED) is 0.653. The molecule has 0 radical (unpaired) electrons.